The first-order valence-corrected chi connectivity index (χ1v) is 7.71. The molecule has 0 radical (unpaired) electrons. The van der Waals surface area contributed by atoms with Crippen LogP contribution in [0.1, 0.15) is 26.6 Å². The molecule has 0 aliphatic carbocycles. The van der Waals surface area contributed by atoms with Crippen LogP contribution >= 0.6 is 11.6 Å². The van der Waals surface area contributed by atoms with Gasteiger partial charge in [-0.3, -0.25) is 4.79 Å². The first-order chi connectivity index (χ1) is 11.3. The zero-order valence-corrected chi connectivity index (χ0v) is 14.2. The molecular formula is C17H16ClN3O3. The van der Waals surface area contributed by atoms with Crippen LogP contribution in [0.5, 0.6) is 5.75 Å². The van der Waals surface area contributed by atoms with Gasteiger partial charge in [0.25, 0.3) is 5.89 Å². The van der Waals surface area contributed by atoms with Gasteiger partial charge >= 0.3 is 0 Å². The van der Waals surface area contributed by atoms with Gasteiger partial charge in [-0.25, -0.2) is 0 Å². The Morgan fingerprint density at radius 3 is 2.62 bits per heavy atom. The Morgan fingerprint density at radius 1 is 1.29 bits per heavy atom. The Kier molecular flexibility index (Phi) is 3.93. The number of phenols is 1. The monoisotopic (exact) mass is 345 g/mol. The molecule has 1 heterocycles. The molecule has 0 aliphatic rings. The maximum absolute atomic E-state index is 11.3. The maximum atomic E-state index is 11.3. The van der Waals surface area contributed by atoms with Crippen molar-refractivity contribution in [2.24, 2.45) is 0 Å². The molecule has 7 heteroatoms. The highest BCUT2D eigenvalue weighted by atomic mass is 35.5. The van der Waals surface area contributed by atoms with E-state index < -0.39 is 5.54 Å². The summed E-state index contributed by atoms with van der Waals surface area (Å²) in [5, 5.41) is 19.0. The maximum Gasteiger partial charge on any atom is 0.261 e. The fourth-order valence-electron chi connectivity index (χ4n) is 2.56. The number of benzene rings is 2. The standard InChI is InChI=1S/C17H16ClN3O3/c1-9(22)20-17(2,3)16-19-15(24-21-16)12-8-13(18)10-6-4-5-7-11(10)14(12)23/h4-8,23H,1-3H3,(H,20,22). The summed E-state index contributed by atoms with van der Waals surface area (Å²) >= 11 is 6.29. The quantitative estimate of drug-likeness (QED) is 0.756. The second kappa shape index (κ2) is 5.79. The predicted octanol–water partition coefficient (Wildman–Crippen LogP) is 3.62. The summed E-state index contributed by atoms with van der Waals surface area (Å²) < 4.78 is 5.27. The van der Waals surface area contributed by atoms with E-state index in [4.69, 9.17) is 16.1 Å². The SMILES string of the molecule is CC(=O)NC(C)(C)c1noc(-c2cc(Cl)c3ccccc3c2O)n1. The molecule has 0 saturated heterocycles. The van der Waals surface area contributed by atoms with Gasteiger partial charge in [0.2, 0.25) is 5.91 Å². The van der Waals surface area contributed by atoms with E-state index in [1.165, 1.54) is 6.92 Å². The highest BCUT2D eigenvalue weighted by Gasteiger charge is 2.28. The second-order valence-electron chi connectivity index (χ2n) is 6.03. The first kappa shape index (κ1) is 16.3. The molecule has 1 amide bonds. The third kappa shape index (κ3) is 2.80. The van der Waals surface area contributed by atoms with Crippen LogP contribution in [0.3, 0.4) is 0 Å². The fraction of sp³-hybridized carbons (Fsp3) is 0.235. The largest absolute Gasteiger partial charge is 0.506 e. The van der Waals surface area contributed by atoms with Crippen LogP contribution in [0.4, 0.5) is 0 Å². The molecule has 24 heavy (non-hydrogen) atoms. The fourth-order valence-corrected chi connectivity index (χ4v) is 2.84. The Morgan fingerprint density at radius 2 is 1.96 bits per heavy atom. The molecule has 0 saturated carbocycles. The number of nitrogens with zero attached hydrogens (tertiary/aromatic N) is 2. The summed E-state index contributed by atoms with van der Waals surface area (Å²) in [6.45, 7) is 4.93. The van der Waals surface area contributed by atoms with Gasteiger partial charge in [-0.2, -0.15) is 4.98 Å². The number of carbonyl (C=O) groups excluding carboxylic acids is 1. The van der Waals surface area contributed by atoms with Gasteiger partial charge in [-0.1, -0.05) is 41.0 Å². The van der Waals surface area contributed by atoms with Crippen molar-refractivity contribution < 1.29 is 14.4 Å². The Hall–Kier alpha value is -2.60. The number of amides is 1. The molecule has 3 rings (SSSR count). The highest BCUT2D eigenvalue weighted by Crippen LogP contribution is 2.39. The van der Waals surface area contributed by atoms with Gasteiger partial charge in [0, 0.05) is 22.7 Å². The minimum absolute atomic E-state index is 0.0162. The molecule has 0 spiro atoms. The number of carbonyl (C=O) groups is 1. The van der Waals surface area contributed by atoms with E-state index in [0.717, 1.165) is 5.39 Å². The minimum Gasteiger partial charge on any atom is -0.506 e. The van der Waals surface area contributed by atoms with Gasteiger partial charge in [0.05, 0.1) is 11.1 Å². The molecule has 3 aromatic rings. The molecule has 0 unspecified atom stereocenters. The number of hydrogen-bond acceptors (Lipinski definition) is 5. The Balaban J connectivity index is 2.09. The van der Waals surface area contributed by atoms with Crippen molar-refractivity contribution >= 4 is 28.3 Å². The average molecular weight is 346 g/mol. The van der Waals surface area contributed by atoms with Crippen molar-refractivity contribution in [2.45, 2.75) is 26.3 Å². The average Bonchev–Trinajstić information content (AvgIpc) is 3.00. The van der Waals surface area contributed by atoms with Gasteiger partial charge in [-0.05, 0) is 19.9 Å². The number of aromatic nitrogens is 2. The lowest BCUT2D eigenvalue weighted by Crippen LogP contribution is -2.40. The number of rotatable bonds is 3. The van der Waals surface area contributed by atoms with Crippen molar-refractivity contribution in [1.82, 2.24) is 15.5 Å². The van der Waals surface area contributed by atoms with Crippen LogP contribution < -0.4 is 5.32 Å². The van der Waals surface area contributed by atoms with E-state index in [2.05, 4.69) is 15.5 Å². The molecule has 2 aromatic carbocycles. The molecule has 0 atom stereocenters. The zero-order valence-electron chi connectivity index (χ0n) is 13.4. The number of aromatic hydroxyl groups is 1. The third-order valence-electron chi connectivity index (χ3n) is 3.67. The van der Waals surface area contributed by atoms with Gasteiger partial charge in [0.15, 0.2) is 5.82 Å². The molecule has 6 nitrogen and oxygen atoms in total. The van der Waals surface area contributed by atoms with Crippen LogP contribution in [0.25, 0.3) is 22.2 Å². The predicted molar refractivity (Wildman–Crippen MR) is 90.8 cm³/mol. The normalized spacial score (nSPS) is 11.7. The van der Waals surface area contributed by atoms with E-state index in [1.54, 1.807) is 32.0 Å². The molecule has 0 aliphatic heterocycles. The van der Waals surface area contributed by atoms with E-state index in [0.29, 0.717) is 21.8 Å². The summed E-state index contributed by atoms with van der Waals surface area (Å²) in [7, 11) is 0. The topological polar surface area (TPSA) is 88.2 Å². The summed E-state index contributed by atoms with van der Waals surface area (Å²) in [6.07, 6.45) is 0. The highest BCUT2D eigenvalue weighted by molar-refractivity contribution is 6.36. The molecular weight excluding hydrogens is 330 g/mol. The second-order valence-corrected chi connectivity index (χ2v) is 6.44. The summed E-state index contributed by atoms with van der Waals surface area (Å²) in [4.78, 5) is 15.6. The molecule has 124 valence electrons. The van der Waals surface area contributed by atoms with Crippen LogP contribution in [0, 0.1) is 0 Å². The lowest BCUT2D eigenvalue weighted by Gasteiger charge is -2.20. The van der Waals surface area contributed by atoms with Crippen molar-refractivity contribution in [1.29, 1.82) is 0 Å². The molecule has 1 aromatic heterocycles. The molecule has 0 bridgehead atoms. The first-order valence-electron chi connectivity index (χ1n) is 7.33. The van der Waals surface area contributed by atoms with Crippen molar-refractivity contribution in [3.8, 4) is 17.2 Å². The Labute approximate surface area is 143 Å². The van der Waals surface area contributed by atoms with Crippen molar-refractivity contribution in [3.05, 3.63) is 41.2 Å². The van der Waals surface area contributed by atoms with Crippen LogP contribution in [-0.2, 0) is 10.3 Å². The van der Waals surface area contributed by atoms with Crippen LogP contribution in [0.2, 0.25) is 5.02 Å². The summed E-state index contributed by atoms with van der Waals surface area (Å²) in [6, 6.07) is 8.82. The van der Waals surface area contributed by atoms with Crippen molar-refractivity contribution in [2.75, 3.05) is 0 Å². The lowest BCUT2D eigenvalue weighted by molar-refractivity contribution is -0.120. The smallest absolute Gasteiger partial charge is 0.261 e. The van der Waals surface area contributed by atoms with Gasteiger partial charge in [0.1, 0.15) is 5.75 Å². The number of hydrogen-bond donors (Lipinski definition) is 2. The van der Waals surface area contributed by atoms with Crippen molar-refractivity contribution in [3.63, 3.8) is 0 Å². The van der Waals surface area contributed by atoms with E-state index >= 15 is 0 Å². The molecule has 0 fully saturated rings. The summed E-state index contributed by atoms with van der Waals surface area (Å²) in [5.74, 6) is 0.246. The third-order valence-corrected chi connectivity index (χ3v) is 3.98. The van der Waals surface area contributed by atoms with E-state index in [9.17, 15) is 9.90 Å². The van der Waals surface area contributed by atoms with Gasteiger partial charge < -0.3 is 14.9 Å². The van der Waals surface area contributed by atoms with E-state index in [-0.39, 0.29) is 17.5 Å². The van der Waals surface area contributed by atoms with E-state index in [1.807, 2.05) is 12.1 Å². The number of nitrogens with one attached hydrogen (secondary N) is 1. The lowest BCUT2D eigenvalue weighted by atomic mass is 10.0. The number of fused-ring (bicyclic) bond motifs is 1. The zero-order chi connectivity index (χ0) is 17.5. The van der Waals surface area contributed by atoms with Crippen LogP contribution in [-0.4, -0.2) is 21.2 Å². The number of halogens is 1. The minimum atomic E-state index is -0.802. The summed E-state index contributed by atoms with van der Waals surface area (Å²) in [5.41, 5.74) is -0.458. The van der Waals surface area contributed by atoms with Crippen LogP contribution in [0.15, 0.2) is 34.9 Å². The van der Waals surface area contributed by atoms with Gasteiger partial charge in [-0.15, -0.1) is 0 Å². The molecule has 2 N–H and O–H groups in total. The number of phenolic OH excluding ortho intramolecular Hbond substituents is 1. The Bertz CT molecular complexity index is 934.